The normalized spacial score (nSPS) is 19.9. The van der Waals surface area contributed by atoms with Crippen LogP contribution in [0.25, 0.3) is 10.9 Å². The van der Waals surface area contributed by atoms with Gasteiger partial charge in [0.1, 0.15) is 0 Å². The van der Waals surface area contributed by atoms with E-state index < -0.39 is 0 Å². The van der Waals surface area contributed by atoms with Gasteiger partial charge in [-0.15, -0.1) is 0 Å². The Kier molecular flexibility index (Phi) is 3.36. The van der Waals surface area contributed by atoms with Crippen LogP contribution >= 0.6 is 0 Å². The number of nitrogens with two attached hydrogens (primary N) is 1. The number of carbonyl (C=O) groups excluding carboxylic acids is 1. The Bertz CT molecular complexity index is 634. The van der Waals surface area contributed by atoms with Gasteiger partial charge in [-0.05, 0) is 36.2 Å². The number of hydrogen-bond donors (Lipinski definition) is 4. The molecule has 106 valence electrons. The van der Waals surface area contributed by atoms with Crippen LogP contribution in [0.3, 0.4) is 0 Å². The van der Waals surface area contributed by atoms with Crippen molar-refractivity contribution < 1.29 is 4.79 Å². The van der Waals surface area contributed by atoms with E-state index in [1.165, 1.54) is 16.5 Å². The first-order valence-electron chi connectivity index (χ1n) is 7.03. The summed E-state index contributed by atoms with van der Waals surface area (Å²) in [6, 6.07) is 6.52. The van der Waals surface area contributed by atoms with E-state index >= 15 is 0 Å². The summed E-state index contributed by atoms with van der Waals surface area (Å²) in [5, 5.41) is 7.00. The number of aromatic nitrogens is 1. The van der Waals surface area contributed by atoms with Crippen LogP contribution in [0.4, 0.5) is 4.79 Å². The first-order chi connectivity index (χ1) is 9.69. The molecule has 2 amide bonds. The highest BCUT2D eigenvalue weighted by molar-refractivity contribution is 5.84. The Morgan fingerprint density at radius 3 is 3.00 bits per heavy atom. The average Bonchev–Trinajstić information content (AvgIpc) is 3.05. The fourth-order valence-electron chi connectivity index (χ4n) is 2.85. The van der Waals surface area contributed by atoms with Gasteiger partial charge in [0.05, 0.1) is 6.04 Å². The molecule has 3 rings (SSSR count). The van der Waals surface area contributed by atoms with Gasteiger partial charge in [-0.25, -0.2) is 4.79 Å². The molecule has 5 N–H and O–H groups in total. The van der Waals surface area contributed by atoms with E-state index in [2.05, 4.69) is 40.7 Å². The predicted molar refractivity (Wildman–Crippen MR) is 79.8 cm³/mol. The number of amides is 2. The molecule has 5 heteroatoms. The number of urea groups is 1. The Balaban J connectivity index is 1.91. The Labute approximate surface area is 117 Å². The van der Waals surface area contributed by atoms with E-state index in [9.17, 15) is 4.79 Å². The van der Waals surface area contributed by atoms with Crippen LogP contribution < -0.4 is 16.4 Å². The van der Waals surface area contributed by atoms with E-state index in [4.69, 9.17) is 5.73 Å². The van der Waals surface area contributed by atoms with Crippen LogP contribution in [0, 0.1) is 0 Å². The van der Waals surface area contributed by atoms with Crippen molar-refractivity contribution in [3.63, 3.8) is 0 Å². The van der Waals surface area contributed by atoms with Gasteiger partial charge >= 0.3 is 6.03 Å². The highest BCUT2D eigenvalue weighted by atomic mass is 16.2. The van der Waals surface area contributed by atoms with Gasteiger partial charge in [-0.2, -0.15) is 0 Å². The van der Waals surface area contributed by atoms with Crippen LogP contribution in [-0.4, -0.2) is 30.1 Å². The van der Waals surface area contributed by atoms with Gasteiger partial charge < -0.3 is 21.4 Å². The van der Waals surface area contributed by atoms with E-state index in [0.29, 0.717) is 13.1 Å². The van der Waals surface area contributed by atoms with Crippen molar-refractivity contribution in [1.82, 2.24) is 15.6 Å². The van der Waals surface area contributed by atoms with Crippen molar-refractivity contribution >= 4 is 16.9 Å². The second-order valence-corrected chi connectivity index (χ2v) is 5.41. The maximum Gasteiger partial charge on any atom is 0.315 e. The Morgan fingerprint density at radius 1 is 1.45 bits per heavy atom. The molecule has 2 atom stereocenters. The second kappa shape index (κ2) is 5.17. The summed E-state index contributed by atoms with van der Waals surface area (Å²) in [7, 11) is 0. The van der Waals surface area contributed by atoms with Crippen LogP contribution in [0.1, 0.15) is 24.0 Å². The predicted octanol–water partition coefficient (Wildman–Crippen LogP) is 1.45. The largest absolute Gasteiger partial charge is 0.361 e. The zero-order valence-corrected chi connectivity index (χ0v) is 11.6. The van der Waals surface area contributed by atoms with Gasteiger partial charge in [0.15, 0.2) is 0 Å². The molecule has 1 aromatic carbocycles. The Hall–Kier alpha value is -2.01. The number of fused-ring (bicyclic) bond motifs is 1. The molecule has 0 bridgehead atoms. The van der Waals surface area contributed by atoms with Crippen LogP contribution in [0.5, 0.6) is 0 Å². The quantitative estimate of drug-likeness (QED) is 0.679. The van der Waals surface area contributed by atoms with E-state index in [1.54, 1.807) is 0 Å². The molecular formula is C15H20N4O. The number of hydrogen-bond acceptors (Lipinski definition) is 2. The highest BCUT2D eigenvalue weighted by Crippen LogP contribution is 2.26. The minimum atomic E-state index is -0.0756. The highest BCUT2D eigenvalue weighted by Gasteiger charge is 2.26. The number of benzene rings is 1. The van der Waals surface area contributed by atoms with E-state index in [0.717, 1.165) is 11.9 Å². The molecule has 1 aliphatic rings. The summed E-state index contributed by atoms with van der Waals surface area (Å²) in [6.07, 6.45) is 2.91. The summed E-state index contributed by atoms with van der Waals surface area (Å²) < 4.78 is 0. The minimum absolute atomic E-state index is 0.0756. The summed E-state index contributed by atoms with van der Waals surface area (Å²) >= 11 is 0. The van der Waals surface area contributed by atoms with Gasteiger partial charge in [-0.3, -0.25) is 0 Å². The topological polar surface area (TPSA) is 82.9 Å². The number of rotatable bonds is 4. The Morgan fingerprint density at radius 2 is 2.30 bits per heavy atom. The number of aromatic amines is 1. The molecule has 2 unspecified atom stereocenters. The molecule has 1 saturated heterocycles. The lowest BCUT2D eigenvalue weighted by molar-refractivity contribution is 0.247. The smallest absolute Gasteiger partial charge is 0.315 e. The van der Waals surface area contributed by atoms with Crippen molar-refractivity contribution in [1.29, 1.82) is 0 Å². The summed E-state index contributed by atoms with van der Waals surface area (Å²) in [5.74, 6) is 0.277. The van der Waals surface area contributed by atoms with Crippen LogP contribution in [0.2, 0.25) is 0 Å². The molecule has 1 fully saturated rings. The van der Waals surface area contributed by atoms with Crippen molar-refractivity contribution in [2.45, 2.75) is 25.3 Å². The van der Waals surface area contributed by atoms with E-state index in [1.807, 2.05) is 6.20 Å². The molecule has 0 radical (unpaired) electrons. The lowest BCUT2D eigenvalue weighted by Crippen LogP contribution is -2.31. The molecule has 2 heterocycles. The molecule has 1 aromatic heterocycles. The standard InChI is InChI=1S/C15H20N4O/c1-9(14-8-18-15(20)19-14)10-2-3-13-12(6-10)11(4-5-16)7-17-13/h2-3,6-7,9,14,17H,4-5,8,16H2,1H3,(H2,18,19,20). The second-order valence-electron chi connectivity index (χ2n) is 5.41. The first-order valence-corrected chi connectivity index (χ1v) is 7.03. The molecular weight excluding hydrogens is 252 g/mol. The molecule has 0 saturated carbocycles. The zero-order chi connectivity index (χ0) is 14.1. The summed E-state index contributed by atoms with van der Waals surface area (Å²) in [4.78, 5) is 14.5. The molecule has 0 aliphatic carbocycles. The molecule has 5 nitrogen and oxygen atoms in total. The monoisotopic (exact) mass is 272 g/mol. The number of carbonyl (C=O) groups is 1. The maximum absolute atomic E-state index is 11.3. The lowest BCUT2D eigenvalue weighted by Gasteiger charge is -2.18. The molecule has 2 aromatic rings. The zero-order valence-electron chi connectivity index (χ0n) is 11.6. The number of H-pyrrole nitrogens is 1. The van der Waals surface area contributed by atoms with Crippen molar-refractivity contribution in [2.75, 3.05) is 13.1 Å². The van der Waals surface area contributed by atoms with Gasteiger partial charge in [0.2, 0.25) is 0 Å². The number of nitrogens with one attached hydrogen (secondary N) is 3. The third-order valence-corrected chi connectivity index (χ3v) is 4.13. The maximum atomic E-state index is 11.3. The van der Waals surface area contributed by atoms with Gasteiger partial charge in [-0.1, -0.05) is 13.0 Å². The third kappa shape index (κ3) is 2.25. The van der Waals surface area contributed by atoms with Crippen molar-refractivity contribution in [2.24, 2.45) is 5.73 Å². The van der Waals surface area contributed by atoms with Gasteiger partial charge in [0.25, 0.3) is 0 Å². The van der Waals surface area contributed by atoms with Crippen molar-refractivity contribution in [3.05, 3.63) is 35.5 Å². The molecule has 20 heavy (non-hydrogen) atoms. The summed E-state index contributed by atoms with van der Waals surface area (Å²) in [5.41, 5.74) is 9.29. The van der Waals surface area contributed by atoms with Crippen LogP contribution in [-0.2, 0) is 6.42 Å². The van der Waals surface area contributed by atoms with Gasteiger partial charge in [0, 0.05) is 29.6 Å². The molecule has 1 aliphatic heterocycles. The summed E-state index contributed by atoms with van der Waals surface area (Å²) in [6.45, 7) is 3.48. The minimum Gasteiger partial charge on any atom is -0.361 e. The van der Waals surface area contributed by atoms with E-state index in [-0.39, 0.29) is 18.0 Å². The third-order valence-electron chi connectivity index (χ3n) is 4.13. The molecule has 0 spiro atoms. The fourth-order valence-corrected chi connectivity index (χ4v) is 2.85. The lowest BCUT2D eigenvalue weighted by atomic mass is 9.92. The first kappa shape index (κ1) is 13.0. The van der Waals surface area contributed by atoms with Crippen molar-refractivity contribution in [3.8, 4) is 0 Å². The SMILES string of the molecule is CC(c1ccc2[nH]cc(CCN)c2c1)C1CNC(=O)N1. The average molecular weight is 272 g/mol. The fraction of sp³-hybridized carbons (Fsp3) is 0.400. The van der Waals surface area contributed by atoms with Crippen LogP contribution in [0.15, 0.2) is 24.4 Å².